The van der Waals surface area contributed by atoms with Crippen LogP contribution in [0.5, 0.6) is 0 Å². The van der Waals surface area contributed by atoms with Gasteiger partial charge in [0.1, 0.15) is 18.1 Å². The van der Waals surface area contributed by atoms with Crippen molar-refractivity contribution in [2.45, 2.75) is 19.8 Å². The van der Waals surface area contributed by atoms with Gasteiger partial charge >= 0.3 is 11.9 Å². The maximum atomic E-state index is 12.4. The van der Waals surface area contributed by atoms with Crippen molar-refractivity contribution in [1.29, 1.82) is 0 Å². The van der Waals surface area contributed by atoms with Gasteiger partial charge in [0.25, 0.3) is 11.1 Å². The van der Waals surface area contributed by atoms with Gasteiger partial charge in [0.15, 0.2) is 0 Å². The summed E-state index contributed by atoms with van der Waals surface area (Å²) in [6.07, 6.45) is 3.22. The molecule has 2 aromatic rings. The van der Waals surface area contributed by atoms with Crippen molar-refractivity contribution in [3.8, 4) is 11.3 Å². The second kappa shape index (κ2) is 10.1. The molecule has 0 atom stereocenters. The second-order valence-corrected chi connectivity index (χ2v) is 7.61. The minimum Gasteiger partial charge on any atom is -0.468 e. The summed E-state index contributed by atoms with van der Waals surface area (Å²) in [5.41, 5.74) is 1.19. The van der Waals surface area contributed by atoms with E-state index in [1.54, 1.807) is 36.4 Å². The average Bonchev–Trinajstić information content (AvgIpc) is 3.34. The second-order valence-electron chi connectivity index (χ2n) is 6.61. The van der Waals surface area contributed by atoms with Crippen LogP contribution in [0.4, 0.5) is 4.79 Å². The number of esters is 2. The first-order chi connectivity index (χ1) is 14.9. The zero-order valence-corrected chi connectivity index (χ0v) is 17.9. The van der Waals surface area contributed by atoms with Gasteiger partial charge in [-0.05, 0) is 42.4 Å². The summed E-state index contributed by atoms with van der Waals surface area (Å²) in [6.45, 7) is 1.98. The lowest BCUT2D eigenvalue weighted by Crippen LogP contribution is -2.34. The maximum Gasteiger partial charge on any atom is 0.338 e. The number of rotatable bonds is 8. The van der Waals surface area contributed by atoms with E-state index in [1.165, 1.54) is 13.2 Å². The summed E-state index contributed by atoms with van der Waals surface area (Å²) in [5, 5.41) is -0.546. The molecule has 162 valence electrons. The highest BCUT2D eigenvalue weighted by atomic mass is 32.2. The highest BCUT2D eigenvalue weighted by Gasteiger charge is 2.36. The standard InChI is InChI=1S/C22H21NO7S/c1-3-4-11-29-21(26)15-7-5-14(6-8-15)17-10-9-16(30-17)12-18-20(25)23(22(27)31-18)13-19(24)28-2/h5-10,12H,3-4,11,13H2,1-2H3/b18-12+. The molecule has 1 aliphatic rings. The lowest BCUT2D eigenvalue weighted by molar-refractivity contribution is -0.143. The Balaban J connectivity index is 1.69. The third-order valence-corrected chi connectivity index (χ3v) is 5.33. The van der Waals surface area contributed by atoms with Gasteiger partial charge in [-0.1, -0.05) is 25.5 Å². The number of furan rings is 1. The first-order valence-electron chi connectivity index (χ1n) is 9.62. The van der Waals surface area contributed by atoms with E-state index < -0.39 is 23.7 Å². The van der Waals surface area contributed by atoms with Crippen molar-refractivity contribution in [3.63, 3.8) is 0 Å². The van der Waals surface area contributed by atoms with Crippen molar-refractivity contribution in [1.82, 2.24) is 4.90 Å². The largest absolute Gasteiger partial charge is 0.468 e. The minimum atomic E-state index is -0.679. The lowest BCUT2D eigenvalue weighted by Gasteiger charge is -2.09. The number of methoxy groups -OCH3 is 1. The quantitative estimate of drug-likeness (QED) is 0.341. The molecule has 31 heavy (non-hydrogen) atoms. The summed E-state index contributed by atoms with van der Waals surface area (Å²) in [7, 11) is 1.18. The predicted octanol–water partition coefficient (Wildman–Crippen LogP) is 4.11. The van der Waals surface area contributed by atoms with Crippen molar-refractivity contribution in [2.24, 2.45) is 0 Å². The fraction of sp³-hybridized carbons (Fsp3) is 0.273. The Kier molecular flexibility index (Phi) is 7.30. The Hall–Kier alpha value is -3.33. The van der Waals surface area contributed by atoms with Crippen LogP contribution in [0, 0.1) is 0 Å². The molecule has 1 aliphatic heterocycles. The SMILES string of the molecule is CCCCOC(=O)c1ccc(-c2ccc(/C=C3/SC(=O)N(CC(=O)OC)C3=O)o2)cc1. The molecule has 3 rings (SSSR count). The van der Waals surface area contributed by atoms with Crippen LogP contribution in [0.15, 0.2) is 45.7 Å². The number of carbonyl (C=O) groups excluding carboxylic acids is 4. The molecule has 2 heterocycles. The lowest BCUT2D eigenvalue weighted by atomic mass is 10.1. The van der Waals surface area contributed by atoms with E-state index in [0.29, 0.717) is 23.7 Å². The normalized spacial score (nSPS) is 14.9. The molecule has 9 heteroatoms. The molecule has 0 spiro atoms. The van der Waals surface area contributed by atoms with Gasteiger partial charge < -0.3 is 13.9 Å². The minimum absolute atomic E-state index is 0.153. The van der Waals surface area contributed by atoms with Crippen LogP contribution in [-0.2, 0) is 19.1 Å². The molecule has 0 unspecified atom stereocenters. The Morgan fingerprint density at radius 1 is 1.13 bits per heavy atom. The molecule has 0 radical (unpaired) electrons. The van der Waals surface area contributed by atoms with Gasteiger partial charge in [-0.2, -0.15) is 0 Å². The molecule has 1 aromatic heterocycles. The molecule has 0 aliphatic carbocycles. The molecule has 2 amide bonds. The fourth-order valence-electron chi connectivity index (χ4n) is 2.71. The maximum absolute atomic E-state index is 12.4. The number of thioether (sulfide) groups is 1. The van der Waals surface area contributed by atoms with Gasteiger partial charge in [0.05, 0.1) is 24.2 Å². The Bertz CT molecular complexity index is 1020. The van der Waals surface area contributed by atoms with Crippen molar-refractivity contribution in [3.05, 3.63) is 52.6 Å². The van der Waals surface area contributed by atoms with Gasteiger partial charge in [0, 0.05) is 11.6 Å². The van der Waals surface area contributed by atoms with Gasteiger partial charge in [-0.25, -0.2) is 4.79 Å². The van der Waals surface area contributed by atoms with E-state index in [0.717, 1.165) is 35.1 Å². The zero-order chi connectivity index (χ0) is 22.4. The Morgan fingerprint density at radius 3 is 2.55 bits per heavy atom. The van der Waals surface area contributed by atoms with E-state index >= 15 is 0 Å². The third kappa shape index (κ3) is 5.43. The number of hydrogen-bond donors (Lipinski definition) is 0. The summed E-state index contributed by atoms with van der Waals surface area (Å²) >= 11 is 0.727. The number of nitrogens with zero attached hydrogens (tertiary/aromatic N) is 1. The number of carbonyl (C=O) groups is 4. The molecular weight excluding hydrogens is 422 g/mol. The number of benzene rings is 1. The van der Waals surface area contributed by atoms with Crippen LogP contribution < -0.4 is 0 Å². The highest BCUT2D eigenvalue weighted by Crippen LogP contribution is 2.33. The number of imide groups is 1. The van der Waals surface area contributed by atoms with Gasteiger partial charge in [-0.15, -0.1) is 0 Å². The monoisotopic (exact) mass is 443 g/mol. The molecule has 0 N–H and O–H groups in total. The molecule has 1 saturated heterocycles. The summed E-state index contributed by atoms with van der Waals surface area (Å²) in [5.74, 6) is -0.721. The molecular formula is C22H21NO7S. The van der Waals surface area contributed by atoms with Crippen molar-refractivity contribution < 1.29 is 33.1 Å². The molecule has 8 nitrogen and oxygen atoms in total. The van der Waals surface area contributed by atoms with Crippen molar-refractivity contribution in [2.75, 3.05) is 20.3 Å². The summed E-state index contributed by atoms with van der Waals surface area (Å²) in [4.78, 5) is 48.7. The van der Waals surface area contributed by atoms with E-state index in [4.69, 9.17) is 9.15 Å². The number of amides is 2. The average molecular weight is 443 g/mol. The number of hydrogen-bond acceptors (Lipinski definition) is 8. The van der Waals surface area contributed by atoms with Crippen LogP contribution >= 0.6 is 11.8 Å². The first kappa shape index (κ1) is 22.4. The first-order valence-corrected chi connectivity index (χ1v) is 10.4. The van der Waals surface area contributed by atoms with Crippen LogP contribution in [0.25, 0.3) is 17.4 Å². The van der Waals surface area contributed by atoms with Gasteiger partial charge in [-0.3, -0.25) is 19.3 Å². The summed E-state index contributed by atoms with van der Waals surface area (Å²) < 4.78 is 15.4. The van der Waals surface area contributed by atoms with Crippen LogP contribution in [-0.4, -0.2) is 48.2 Å². The molecule has 0 bridgehead atoms. The zero-order valence-electron chi connectivity index (χ0n) is 17.1. The third-order valence-electron chi connectivity index (χ3n) is 4.42. The highest BCUT2D eigenvalue weighted by molar-refractivity contribution is 8.18. The number of ether oxygens (including phenoxy) is 2. The molecule has 0 saturated carbocycles. The predicted molar refractivity (Wildman–Crippen MR) is 114 cm³/mol. The fourth-order valence-corrected chi connectivity index (χ4v) is 3.53. The van der Waals surface area contributed by atoms with Crippen LogP contribution in [0.3, 0.4) is 0 Å². The summed E-state index contributed by atoms with van der Waals surface area (Å²) in [6, 6.07) is 10.2. The van der Waals surface area contributed by atoms with Crippen LogP contribution in [0.2, 0.25) is 0 Å². The molecule has 1 fully saturated rings. The number of unbranched alkanes of at least 4 members (excludes halogenated alkanes) is 1. The van der Waals surface area contributed by atoms with E-state index in [-0.39, 0.29) is 10.9 Å². The van der Waals surface area contributed by atoms with E-state index in [2.05, 4.69) is 4.74 Å². The molecule has 1 aromatic carbocycles. The Morgan fingerprint density at radius 2 is 1.87 bits per heavy atom. The topological polar surface area (TPSA) is 103 Å². The van der Waals surface area contributed by atoms with E-state index in [9.17, 15) is 19.2 Å². The van der Waals surface area contributed by atoms with Gasteiger partial charge in [0.2, 0.25) is 0 Å². The van der Waals surface area contributed by atoms with Crippen LogP contribution in [0.1, 0.15) is 35.9 Å². The van der Waals surface area contributed by atoms with E-state index in [1.807, 2.05) is 6.92 Å². The van der Waals surface area contributed by atoms with Crippen molar-refractivity contribution >= 4 is 40.9 Å². The smallest absolute Gasteiger partial charge is 0.338 e. The Labute approximate surface area is 183 Å².